The standard InChI is InChI=1S/C19H25N5O2/c1-14-4-3-5-15(12-14)13-22(2)16-6-9-23(10-7-16)19(26)24-11-8-17(21-24)18(20)25/h3-5,8,11-12,16H,6-7,9-10,13H2,1-2H3,(H2,20,25). The molecule has 1 aromatic heterocycles. The predicted octanol–water partition coefficient (Wildman–Crippen LogP) is 1.85. The minimum absolute atomic E-state index is 0.103. The summed E-state index contributed by atoms with van der Waals surface area (Å²) in [5.41, 5.74) is 7.86. The summed E-state index contributed by atoms with van der Waals surface area (Å²) in [5, 5.41) is 3.94. The van der Waals surface area contributed by atoms with Gasteiger partial charge in [-0.05, 0) is 38.4 Å². The summed E-state index contributed by atoms with van der Waals surface area (Å²) in [5.74, 6) is -0.631. The molecule has 7 nitrogen and oxygen atoms in total. The number of primary amides is 1. The zero-order chi connectivity index (χ0) is 18.7. The van der Waals surface area contributed by atoms with Gasteiger partial charge >= 0.3 is 6.03 Å². The zero-order valence-electron chi connectivity index (χ0n) is 15.3. The number of nitrogens with zero attached hydrogens (tertiary/aromatic N) is 4. The molecular formula is C19H25N5O2. The van der Waals surface area contributed by atoms with E-state index < -0.39 is 5.91 Å². The molecule has 2 amide bonds. The van der Waals surface area contributed by atoms with E-state index >= 15 is 0 Å². The van der Waals surface area contributed by atoms with Gasteiger partial charge in [0.2, 0.25) is 0 Å². The summed E-state index contributed by atoms with van der Waals surface area (Å²) in [7, 11) is 2.14. The lowest BCUT2D eigenvalue weighted by atomic mass is 10.0. The van der Waals surface area contributed by atoms with Gasteiger partial charge in [-0.25, -0.2) is 4.79 Å². The van der Waals surface area contributed by atoms with E-state index in [1.807, 2.05) is 0 Å². The normalized spacial score (nSPS) is 15.4. The quantitative estimate of drug-likeness (QED) is 0.907. The SMILES string of the molecule is Cc1cccc(CN(C)C2CCN(C(=O)n3ccc(C(N)=O)n3)CC2)c1. The van der Waals surface area contributed by atoms with Crippen molar-refractivity contribution in [1.29, 1.82) is 0 Å². The van der Waals surface area contributed by atoms with E-state index in [1.54, 1.807) is 4.90 Å². The molecule has 1 aliphatic rings. The minimum Gasteiger partial charge on any atom is -0.364 e. The first-order valence-corrected chi connectivity index (χ1v) is 8.84. The van der Waals surface area contributed by atoms with Crippen LogP contribution < -0.4 is 5.73 Å². The topological polar surface area (TPSA) is 84.5 Å². The molecule has 1 fully saturated rings. The molecule has 2 heterocycles. The van der Waals surface area contributed by atoms with Crippen LogP contribution in [0, 0.1) is 6.92 Å². The van der Waals surface area contributed by atoms with Crippen LogP contribution in [-0.4, -0.2) is 57.7 Å². The highest BCUT2D eigenvalue weighted by Gasteiger charge is 2.26. The Balaban J connectivity index is 1.54. The molecule has 26 heavy (non-hydrogen) atoms. The second kappa shape index (κ2) is 7.70. The predicted molar refractivity (Wildman–Crippen MR) is 98.8 cm³/mol. The molecule has 7 heteroatoms. The third-order valence-corrected chi connectivity index (χ3v) is 4.91. The molecule has 0 atom stereocenters. The second-order valence-corrected chi connectivity index (χ2v) is 6.91. The largest absolute Gasteiger partial charge is 0.364 e. The number of nitrogens with two attached hydrogens (primary N) is 1. The average molecular weight is 355 g/mol. The molecule has 0 spiro atoms. The van der Waals surface area contributed by atoms with Gasteiger partial charge in [0.15, 0.2) is 5.69 Å². The lowest BCUT2D eigenvalue weighted by Crippen LogP contribution is -2.46. The zero-order valence-corrected chi connectivity index (χ0v) is 15.3. The summed E-state index contributed by atoms with van der Waals surface area (Å²) in [6, 6.07) is 10.2. The second-order valence-electron chi connectivity index (χ2n) is 6.91. The number of benzene rings is 1. The first kappa shape index (κ1) is 18.1. The molecule has 138 valence electrons. The van der Waals surface area contributed by atoms with Gasteiger partial charge in [0.05, 0.1) is 0 Å². The number of rotatable bonds is 4. The molecule has 0 bridgehead atoms. The van der Waals surface area contributed by atoms with Gasteiger partial charge in [0.1, 0.15) is 0 Å². The molecule has 2 N–H and O–H groups in total. The molecule has 1 aliphatic heterocycles. The number of carbonyl (C=O) groups is 2. The summed E-state index contributed by atoms with van der Waals surface area (Å²) in [6.07, 6.45) is 3.31. The van der Waals surface area contributed by atoms with E-state index in [9.17, 15) is 9.59 Å². The summed E-state index contributed by atoms with van der Waals surface area (Å²) in [6.45, 7) is 4.36. The Kier molecular flexibility index (Phi) is 5.37. The first-order valence-electron chi connectivity index (χ1n) is 8.84. The minimum atomic E-state index is -0.631. The van der Waals surface area contributed by atoms with Gasteiger partial charge in [-0.1, -0.05) is 29.8 Å². The highest BCUT2D eigenvalue weighted by molar-refractivity contribution is 5.91. The molecule has 0 aliphatic carbocycles. The van der Waals surface area contributed by atoms with Gasteiger partial charge in [-0.2, -0.15) is 9.78 Å². The number of carbonyl (C=O) groups excluding carboxylic acids is 2. The first-order chi connectivity index (χ1) is 12.4. The van der Waals surface area contributed by atoms with E-state index in [4.69, 9.17) is 5.73 Å². The molecule has 0 saturated carbocycles. The van der Waals surface area contributed by atoms with E-state index in [0.29, 0.717) is 19.1 Å². The van der Waals surface area contributed by atoms with Crippen LogP contribution in [0.1, 0.15) is 34.5 Å². The fraction of sp³-hybridized carbons (Fsp3) is 0.421. The Morgan fingerprint density at radius 1 is 1.27 bits per heavy atom. The highest BCUT2D eigenvalue weighted by Crippen LogP contribution is 2.18. The molecule has 1 aromatic carbocycles. The van der Waals surface area contributed by atoms with Crippen LogP contribution >= 0.6 is 0 Å². The third kappa shape index (κ3) is 4.11. The van der Waals surface area contributed by atoms with Crippen molar-refractivity contribution in [3.8, 4) is 0 Å². The maximum absolute atomic E-state index is 12.5. The van der Waals surface area contributed by atoms with Crippen LogP contribution in [0.15, 0.2) is 36.5 Å². The van der Waals surface area contributed by atoms with Gasteiger partial charge in [-0.3, -0.25) is 9.69 Å². The van der Waals surface area contributed by atoms with Crippen LogP contribution in [0.4, 0.5) is 4.79 Å². The molecule has 1 saturated heterocycles. The van der Waals surface area contributed by atoms with Crippen LogP contribution in [0.3, 0.4) is 0 Å². The van der Waals surface area contributed by atoms with Crippen LogP contribution in [0.25, 0.3) is 0 Å². The molecular weight excluding hydrogens is 330 g/mol. The maximum Gasteiger partial charge on any atom is 0.344 e. The number of hydrogen-bond acceptors (Lipinski definition) is 4. The van der Waals surface area contributed by atoms with Crippen LogP contribution in [0.5, 0.6) is 0 Å². The van der Waals surface area contributed by atoms with Crippen molar-refractivity contribution in [2.24, 2.45) is 5.73 Å². The van der Waals surface area contributed by atoms with Gasteiger partial charge in [-0.15, -0.1) is 0 Å². The van der Waals surface area contributed by atoms with E-state index in [1.165, 1.54) is 28.1 Å². The Bertz CT molecular complexity index is 793. The monoisotopic (exact) mass is 355 g/mol. The summed E-state index contributed by atoms with van der Waals surface area (Å²) < 4.78 is 1.19. The van der Waals surface area contributed by atoms with Crippen molar-refractivity contribution in [3.63, 3.8) is 0 Å². The fourth-order valence-corrected chi connectivity index (χ4v) is 3.43. The van der Waals surface area contributed by atoms with Crippen molar-refractivity contribution >= 4 is 11.9 Å². The van der Waals surface area contributed by atoms with Gasteiger partial charge in [0.25, 0.3) is 5.91 Å². The number of aryl methyl sites for hydroxylation is 1. The van der Waals surface area contributed by atoms with E-state index in [0.717, 1.165) is 19.4 Å². The Morgan fingerprint density at radius 2 is 2.00 bits per heavy atom. The number of hydrogen-bond donors (Lipinski definition) is 1. The van der Waals surface area contributed by atoms with E-state index in [2.05, 4.69) is 48.2 Å². The van der Waals surface area contributed by atoms with E-state index in [-0.39, 0.29) is 11.7 Å². The third-order valence-electron chi connectivity index (χ3n) is 4.91. The average Bonchev–Trinajstić information content (AvgIpc) is 3.12. The number of amides is 2. The van der Waals surface area contributed by atoms with Gasteiger partial charge in [0, 0.05) is 31.9 Å². The summed E-state index contributed by atoms with van der Waals surface area (Å²) in [4.78, 5) is 27.7. The smallest absolute Gasteiger partial charge is 0.344 e. The lowest BCUT2D eigenvalue weighted by molar-refractivity contribution is 0.0995. The van der Waals surface area contributed by atoms with Crippen LogP contribution in [-0.2, 0) is 6.54 Å². The van der Waals surface area contributed by atoms with Crippen molar-refractivity contribution in [2.75, 3.05) is 20.1 Å². The molecule has 3 rings (SSSR count). The van der Waals surface area contributed by atoms with Crippen molar-refractivity contribution in [2.45, 2.75) is 32.4 Å². The van der Waals surface area contributed by atoms with Crippen molar-refractivity contribution in [3.05, 3.63) is 53.3 Å². The Morgan fingerprint density at radius 3 is 2.62 bits per heavy atom. The van der Waals surface area contributed by atoms with Crippen LogP contribution in [0.2, 0.25) is 0 Å². The lowest BCUT2D eigenvalue weighted by Gasteiger charge is -2.36. The Hall–Kier alpha value is -2.67. The van der Waals surface area contributed by atoms with Crippen molar-refractivity contribution < 1.29 is 9.59 Å². The molecule has 0 radical (unpaired) electrons. The fourth-order valence-electron chi connectivity index (χ4n) is 3.43. The Labute approximate surface area is 153 Å². The maximum atomic E-state index is 12.5. The molecule has 2 aromatic rings. The number of likely N-dealkylation sites (tertiary alicyclic amines) is 1. The highest BCUT2D eigenvalue weighted by atomic mass is 16.2. The number of piperidine rings is 1. The summed E-state index contributed by atoms with van der Waals surface area (Å²) >= 11 is 0. The van der Waals surface area contributed by atoms with Crippen molar-refractivity contribution in [1.82, 2.24) is 19.6 Å². The molecule has 0 unspecified atom stereocenters. The number of aromatic nitrogens is 2. The van der Waals surface area contributed by atoms with Gasteiger partial charge < -0.3 is 10.6 Å².